The van der Waals surface area contributed by atoms with Crippen LogP contribution in [-0.2, 0) is 0 Å². The minimum Gasteiger partial charge on any atom is -0.456 e. The second-order valence-corrected chi connectivity index (χ2v) is 14.7. The van der Waals surface area contributed by atoms with Gasteiger partial charge in [-0.25, -0.2) is 15.0 Å². The molecule has 0 saturated heterocycles. The number of aromatic nitrogens is 3. The largest absolute Gasteiger partial charge is 0.456 e. The predicted molar refractivity (Wildman–Crippen MR) is 244 cm³/mol. The molecule has 7 aromatic carbocycles. The van der Waals surface area contributed by atoms with Gasteiger partial charge in [0.05, 0.1) is 22.8 Å². The lowest BCUT2D eigenvalue weighted by Gasteiger charge is -2.13. The van der Waals surface area contributed by atoms with E-state index in [2.05, 4.69) is 122 Å². The van der Waals surface area contributed by atoms with E-state index in [0.29, 0.717) is 5.82 Å². The van der Waals surface area contributed by atoms with Crippen molar-refractivity contribution < 1.29 is 8.83 Å². The fraction of sp³-hybridized carbons (Fsp3) is 0.0185. The van der Waals surface area contributed by atoms with Crippen molar-refractivity contribution in [3.8, 4) is 56.3 Å². The van der Waals surface area contributed by atoms with Crippen molar-refractivity contribution in [2.45, 2.75) is 6.92 Å². The maximum atomic E-state index is 6.52. The highest BCUT2D eigenvalue weighted by Gasteiger charge is 2.20. The lowest BCUT2D eigenvalue weighted by molar-refractivity contribution is 0.669. The van der Waals surface area contributed by atoms with Crippen molar-refractivity contribution in [3.63, 3.8) is 0 Å². The van der Waals surface area contributed by atoms with Gasteiger partial charge < -0.3 is 8.83 Å². The van der Waals surface area contributed by atoms with Crippen LogP contribution in [0.3, 0.4) is 0 Å². The van der Waals surface area contributed by atoms with Gasteiger partial charge in [-0.3, -0.25) is 0 Å². The van der Waals surface area contributed by atoms with Crippen molar-refractivity contribution in [3.05, 3.63) is 188 Å². The highest BCUT2D eigenvalue weighted by atomic mass is 16.3. The van der Waals surface area contributed by atoms with Crippen LogP contribution in [0.5, 0.6) is 0 Å². The molecule has 0 amide bonds. The van der Waals surface area contributed by atoms with Crippen molar-refractivity contribution in [2.75, 3.05) is 0 Å². The molecule has 0 unspecified atom stereocenters. The molecule has 11 aromatic rings. The summed E-state index contributed by atoms with van der Waals surface area (Å²) >= 11 is 0. The average molecular weight is 758 g/mol. The van der Waals surface area contributed by atoms with E-state index in [1.165, 1.54) is 0 Å². The lowest BCUT2D eigenvalue weighted by atomic mass is 9.93. The van der Waals surface area contributed by atoms with E-state index in [4.69, 9.17) is 23.8 Å². The van der Waals surface area contributed by atoms with Gasteiger partial charge in [-0.15, -0.1) is 0 Å². The Morgan fingerprint density at radius 3 is 1.95 bits per heavy atom. The van der Waals surface area contributed by atoms with Gasteiger partial charge in [0, 0.05) is 60.1 Å². The number of para-hydroxylation sites is 2. The van der Waals surface area contributed by atoms with Crippen LogP contribution >= 0.6 is 0 Å². The van der Waals surface area contributed by atoms with E-state index >= 15 is 0 Å². The molecule has 0 aliphatic rings. The zero-order chi connectivity index (χ0) is 39.5. The third-order valence-electron chi connectivity index (χ3n) is 11.2. The Morgan fingerprint density at radius 1 is 0.475 bits per heavy atom. The number of allylic oxidation sites excluding steroid dienone is 1. The number of rotatable bonds is 7. The smallest absolute Gasteiger partial charge is 0.160 e. The number of pyridine rings is 1. The van der Waals surface area contributed by atoms with E-state index in [0.717, 1.165) is 116 Å². The van der Waals surface area contributed by atoms with E-state index in [9.17, 15) is 0 Å². The molecule has 59 heavy (non-hydrogen) atoms. The molecule has 0 aliphatic heterocycles. The van der Waals surface area contributed by atoms with Gasteiger partial charge in [-0.2, -0.15) is 0 Å². The molecule has 278 valence electrons. The first-order valence-electron chi connectivity index (χ1n) is 19.7. The SMILES string of the molecule is C=Cc1c(/C=C\C)nc(-c2ccccc2)c2ccc3oc4ccc(-c5ccc(-c6cc(-c7cccc8c7oc7ccccc78)nc(-c7ccccc7)n6)cc5)cc4c3c12. The Bertz CT molecular complexity index is 3450. The summed E-state index contributed by atoms with van der Waals surface area (Å²) in [5.41, 5.74) is 13.8. The molecular formula is C54H35N3O2. The molecule has 0 radical (unpaired) electrons. The quantitative estimate of drug-likeness (QED) is 0.162. The van der Waals surface area contributed by atoms with Gasteiger partial charge in [-0.05, 0) is 66.6 Å². The summed E-state index contributed by atoms with van der Waals surface area (Å²) in [5.74, 6) is 0.655. The average Bonchev–Trinajstić information content (AvgIpc) is 3.88. The van der Waals surface area contributed by atoms with Crippen LogP contribution in [0.2, 0.25) is 0 Å². The molecular weight excluding hydrogens is 723 g/mol. The molecule has 0 bridgehead atoms. The molecule has 0 spiro atoms. The van der Waals surface area contributed by atoms with Crippen molar-refractivity contribution >= 4 is 66.8 Å². The molecule has 0 aliphatic carbocycles. The van der Waals surface area contributed by atoms with Crippen LogP contribution in [0.25, 0.3) is 123 Å². The summed E-state index contributed by atoms with van der Waals surface area (Å²) in [6.45, 7) is 6.26. The van der Waals surface area contributed by atoms with Crippen LogP contribution in [0.4, 0.5) is 0 Å². The summed E-state index contributed by atoms with van der Waals surface area (Å²) in [4.78, 5) is 15.4. The highest BCUT2D eigenvalue weighted by molar-refractivity contribution is 6.23. The Labute approximate surface area is 340 Å². The zero-order valence-electron chi connectivity index (χ0n) is 32.2. The van der Waals surface area contributed by atoms with E-state index in [1.54, 1.807) is 0 Å². The number of nitrogens with zero attached hydrogens (tertiary/aromatic N) is 3. The van der Waals surface area contributed by atoms with Crippen LogP contribution < -0.4 is 0 Å². The van der Waals surface area contributed by atoms with Crippen LogP contribution in [0.15, 0.2) is 185 Å². The standard InChI is InChI=1S/C54H35N3O2/c1-3-14-44-38(4-2)50-42(52(55-44)35-15-7-5-8-16-35)28-30-49-51(50)43-31-37(27-29-48(43)58-49)33-23-25-34(26-24-33)45-32-46(57-54(56-45)36-17-9-6-10-18-36)41-21-13-20-40-39-19-11-12-22-47(39)59-53(40)41/h3-32H,2H2,1H3/b14-3-. The predicted octanol–water partition coefficient (Wildman–Crippen LogP) is 14.8. The molecule has 0 fully saturated rings. The molecule has 0 N–H and O–H groups in total. The van der Waals surface area contributed by atoms with Gasteiger partial charge in [0.25, 0.3) is 0 Å². The molecule has 11 rings (SSSR count). The lowest BCUT2D eigenvalue weighted by Crippen LogP contribution is -1.96. The Hall–Kier alpha value is -7.89. The van der Waals surface area contributed by atoms with Crippen molar-refractivity contribution in [1.82, 2.24) is 15.0 Å². The monoisotopic (exact) mass is 757 g/mol. The first kappa shape index (κ1) is 34.4. The summed E-state index contributed by atoms with van der Waals surface area (Å²) in [7, 11) is 0. The van der Waals surface area contributed by atoms with Gasteiger partial charge in [-0.1, -0.05) is 140 Å². The van der Waals surface area contributed by atoms with Gasteiger partial charge in [0.2, 0.25) is 0 Å². The first-order valence-corrected chi connectivity index (χ1v) is 19.7. The van der Waals surface area contributed by atoms with E-state index < -0.39 is 0 Å². The minimum atomic E-state index is 0.655. The third kappa shape index (κ3) is 5.74. The number of hydrogen-bond donors (Lipinski definition) is 0. The van der Waals surface area contributed by atoms with Crippen LogP contribution in [0.1, 0.15) is 18.2 Å². The third-order valence-corrected chi connectivity index (χ3v) is 11.2. The second kappa shape index (κ2) is 13.9. The first-order chi connectivity index (χ1) is 29.1. The summed E-state index contributed by atoms with van der Waals surface area (Å²) in [5, 5.41) is 6.38. The van der Waals surface area contributed by atoms with Crippen molar-refractivity contribution in [1.29, 1.82) is 0 Å². The highest BCUT2D eigenvalue weighted by Crippen LogP contribution is 2.43. The Morgan fingerprint density at radius 2 is 1.15 bits per heavy atom. The topological polar surface area (TPSA) is 65.0 Å². The number of fused-ring (bicyclic) bond motifs is 8. The number of furan rings is 2. The molecule has 5 heteroatoms. The van der Waals surface area contributed by atoms with E-state index in [-0.39, 0.29) is 0 Å². The Kier molecular flexibility index (Phi) is 8.12. The Balaban J connectivity index is 1.05. The van der Waals surface area contributed by atoms with Gasteiger partial charge >= 0.3 is 0 Å². The second-order valence-electron chi connectivity index (χ2n) is 14.7. The summed E-state index contributed by atoms with van der Waals surface area (Å²) in [6, 6.07) is 56.2. The van der Waals surface area contributed by atoms with Crippen molar-refractivity contribution in [2.24, 2.45) is 0 Å². The van der Waals surface area contributed by atoms with Gasteiger partial charge in [0.15, 0.2) is 5.82 Å². The molecule has 4 heterocycles. The van der Waals surface area contributed by atoms with Crippen LogP contribution in [-0.4, -0.2) is 15.0 Å². The normalized spacial score (nSPS) is 11.8. The fourth-order valence-corrected chi connectivity index (χ4v) is 8.43. The minimum absolute atomic E-state index is 0.655. The molecule has 0 saturated carbocycles. The number of benzene rings is 7. The van der Waals surface area contributed by atoms with E-state index in [1.807, 2.05) is 73.7 Å². The zero-order valence-corrected chi connectivity index (χ0v) is 32.2. The fourth-order valence-electron chi connectivity index (χ4n) is 8.43. The molecule has 0 atom stereocenters. The molecule has 5 nitrogen and oxygen atoms in total. The van der Waals surface area contributed by atoms with Crippen LogP contribution in [0, 0.1) is 0 Å². The van der Waals surface area contributed by atoms with Gasteiger partial charge in [0.1, 0.15) is 22.3 Å². The molecule has 4 aromatic heterocycles. The maximum Gasteiger partial charge on any atom is 0.160 e. The number of hydrogen-bond acceptors (Lipinski definition) is 5. The maximum absolute atomic E-state index is 6.52. The summed E-state index contributed by atoms with van der Waals surface area (Å²) in [6.07, 6.45) is 6.00. The summed E-state index contributed by atoms with van der Waals surface area (Å²) < 4.78 is 13.0.